The van der Waals surface area contributed by atoms with Gasteiger partial charge in [0.2, 0.25) is 5.79 Å². The van der Waals surface area contributed by atoms with Crippen LogP contribution in [0.1, 0.15) is 96.7 Å². The molecule has 0 aliphatic carbocycles. The van der Waals surface area contributed by atoms with Gasteiger partial charge in [-0.05, 0) is 51.5 Å². The number of carbonyl (C=O) groups excluding carboxylic acids is 2. The number of esters is 1. The molecule has 2 N–H and O–H groups in total. The molecule has 6 atom stereocenters. The van der Waals surface area contributed by atoms with Crippen LogP contribution in [0.15, 0.2) is 10.4 Å². The summed E-state index contributed by atoms with van der Waals surface area (Å²) in [7, 11) is 0. The van der Waals surface area contributed by atoms with Crippen molar-refractivity contribution in [1.82, 2.24) is 4.98 Å². The molecule has 7 nitrogen and oxygen atoms in total. The van der Waals surface area contributed by atoms with Gasteiger partial charge in [-0.1, -0.05) is 58.6 Å². The Morgan fingerprint density at radius 2 is 2.00 bits per heavy atom. The first-order valence-corrected chi connectivity index (χ1v) is 14.6. The Morgan fingerprint density at radius 3 is 2.62 bits per heavy atom. The SMILES string of the molecule is CCCC1CC(C)CCCC2(C)OC2(O)C(O)C(C(Cl)=Cc2csc(C)n2)OC(=O)CCC(C)(C)C1=O. The van der Waals surface area contributed by atoms with E-state index in [0.29, 0.717) is 24.5 Å². The highest BCUT2D eigenvalue weighted by Gasteiger charge is 2.72. The van der Waals surface area contributed by atoms with Gasteiger partial charge in [-0.25, -0.2) is 4.98 Å². The number of aromatic nitrogens is 1. The second kappa shape index (κ2) is 11.8. The van der Waals surface area contributed by atoms with Crippen LogP contribution < -0.4 is 0 Å². The van der Waals surface area contributed by atoms with Crippen molar-refractivity contribution in [2.45, 2.75) is 117 Å². The number of carbonyl (C=O) groups is 2. The van der Waals surface area contributed by atoms with Crippen LogP contribution in [-0.4, -0.2) is 50.5 Å². The quantitative estimate of drug-likeness (QED) is 0.358. The zero-order chi connectivity index (χ0) is 27.6. The molecule has 0 saturated carbocycles. The van der Waals surface area contributed by atoms with Gasteiger partial charge >= 0.3 is 5.97 Å². The van der Waals surface area contributed by atoms with E-state index in [1.54, 1.807) is 12.3 Å². The fourth-order valence-electron chi connectivity index (χ4n) is 5.45. The number of ether oxygens (including phenoxy) is 2. The average Bonchev–Trinajstić information content (AvgIpc) is 3.14. The lowest BCUT2D eigenvalue weighted by Crippen LogP contribution is -2.46. The summed E-state index contributed by atoms with van der Waals surface area (Å²) in [5.74, 6) is -2.06. The first-order valence-electron chi connectivity index (χ1n) is 13.4. The summed E-state index contributed by atoms with van der Waals surface area (Å²) >= 11 is 8.02. The second-order valence-corrected chi connectivity index (χ2v) is 13.2. The third-order valence-electron chi connectivity index (χ3n) is 7.90. The molecule has 2 saturated heterocycles. The zero-order valence-electron chi connectivity index (χ0n) is 22.9. The molecular weight excluding hydrogens is 514 g/mol. The molecule has 1 aromatic heterocycles. The lowest BCUT2D eigenvalue weighted by Gasteiger charge is -2.31. The molecule has 37 heavy (non-hydrogen) atoms. The second-order valence-electron chi connectivity index (χ2n) is 11.7. The predicted molar refractivity (Wildman–Crippen MR) is 145 cm³/mol. The summed E-state index contributed by atoms with van der Waals surface area (Å²) in [6.45, 7) is 11.6. The van der Waals surface area contributed by atoms with Gasteiger partial charge in [0, 0.05) is 23.1 Å². The fraction of sp³-hybridized carbons (Fsp3) is 0.750. The van der Waals surface area contributed by atoms with Gasteiger partial charge in [0.25, 0.3) is 0 Å². The molecular formula is C28H42ClNO6S. The lowest BCUT2D eigenvalue weighted by atomic mass is 9.73. The number of ketones is 1. The van der Waals surface area contributed by atoms with Crippen LogP contribution in [0.5, 0.6) is 0 Å². The number of halogens is 1. The molecule has 2 aliphatic rings. The molecule has 2 aliphatic heterocycles. The summed E-state index contributed by atoms with van der Waals surface area (Å²) in [4.78, 5) is 30.8. The first kappa shape index (κ1) is 30.2. The number of hydrogen-bond donors (Lipinski definition) is 2. The first-order chi connectivity index (χ1) is 17.2. The van der Waals surface area contributed by atoms with Crippen LogP contribution in [0.2, 0.25) is 0 Å². The Morgan fingerprint density at radius 1 is 1.30 bits per heavy atom. The topological polar surface area (TPSA) is 109 Å². The lowest BCUT2D eigenvalue weighted by molar-refractivity contribution is -0.164. The molecule has 9 heteroatoms. The highest BCUT2D eigenvalue weighted by molar-refractivity contribution is 7.09. The molecule has 0 spiro atoms. The monoisotopic (exact) mass is 555 g/mol. The normalized spacial score (nSPS) is 36.1. The highest BCUT2D eigenvalue weighted by Crippen LogP contribution is 2.53. The van der Waals surface area contributed by atoms with Gasteiger partial charge in [-0.2, -0.15) is 0 Å². The average molecular weight is 556 g/mol. The zero-order valence-corrected chi connectivity index (χ0v) is 24.5. The molecule has 208 valence electrons. The van der Waals surface area contributed by atoms with Crippen LogP contribution in [0.3, 0.4) is 0 Å². The van der Waals surface area contributed by atoms with E-state index in [9.17, 15) is 19.8 Å². The number of hydrogen-bond acceptors (Lipinski definition) is 8. The summed E-state index contributed by atoms with van der Waals surface area (Å²) in [6, 6.07) is 0. The molecule has 3 heterocycles. The van der Waals surface area contributed by atoms with Crippen LogP contribution >= 0.6 is 22.9 Å². The van der Waals surface area contributed by atoms with Crippen LogP contribution in [-0.2, 0) is 19.1 Å². The molecule has 0 radical (unpaired) electrons. The Hall–Kier alpha value is -1.32. The summed E-state index contributed by atoms with van der Waals surface area (Å²) in [5.41, 5.74) is -1.13. The van der Waals surface area contributed by atoms with Gasteiger partial charge in [0.1, 0.15) is 11.4 Å². The Kier molecular flexibility index (Phi) is 9.66. The number of thiazole rings is 1. The van der Waals surface area contributed by atoms with Crippen LogP contribution in [0, 0.1) is 24.2 Å². The maximum atomic E-state index is 13.5. The van der Waals surface area contributed by atoms with E-state index >= 15 is 0 Å². The van der Waals surface area contributed by atoms with Crippen molar-refractivity contribution in [1.29, 1.82) is 0 Å². The molecule has 0 amide bonds. The van der Waals surface area contributed by atoms with Crippen molar-refractivity contribution in [2.24, 2.45) is 17.3 Å². The van der Waals surface area contributed by atoms with Crippen molar-refractivity contribution in [2.75, 3.05) is 0 Å². The minimum atomic E-state index is -1.90. The smallest absolute Gasteiger partial charge is 0.306 e. The van der Waals surface area contributed by atoms with E-state index in [0.717, 1.165) is 37.1 Å². The van der Waals surface area contributed by atoms with Gasteiger partial charge in [-0.3, -0.25) is 9.59 Å². The third-order valence-corrected chi connectivity index (χ3v) is 9.02. The molecule has 2 fully saturated rings. The van der Waals surface area contributed by atoms with Gasteiger partial charge in [0.15, 0.2) is 12.2 Å². The number of fused-ring (bicyclic) bond motifs is 1. The van der Waals surface area contributed by atoms with Crippen molar-refractivity contribution in [3.8, 4) is 0 Å². The maximum Gasteiger partial charge on any atom is 0.306 e. The van der Waals surface area contributed by atoms with Crippen LogP contribution in [0.25, 0.3) is 6.08 Å². The molecule has 0 bridgehead atoms. The number of nitrogens with zero attached hydrogens (tertiary/aromatic N) is 1. The number of epoxide rings is 1. The maximum absolute atomic E-state index is 13.5. The van der Waals surface area contributed by atoms with E-state index < -0.39 is 35.0 Å². The van der Waals surface area contributed by atoms with Crippen LogP contribution in [0.4, 0.5) is 0 Å². The molecule has 0 aromatic carbocycles. The number of Topliss-reactive ketones (excluding diaryl/α,β-unsaturated/α-hetero) is 1. The minimum absolute atomic E-state index is 0.0209. The third kappa shape index (κ3) is 7.01. The summed E-state index contributed by atoms with van der Waals surface area (Å²) < 4.78 is 11.4. The fourth-order valence-corrected chi connectivity index (χ4v) is 6.30. The molecule has 1 aromatic rings. The minimum Gasteiger partial charge on any atom is -0.454 e. The summed E-state index contributed by atoms with van der Waals surface area (Å²) in [6.07, 6.45) is 3.56. The van der Waals surface area contributed by atoms with Crippen molar-refractivity contribution in [3.63, 3.8) is 0 Å². The number of cyclic esters (lactones) is 1. The van der Waals surface area contributed by atoms with Gasteiger partial charge in [0.05, 0.1) is 15.7 Å². The Labute approximate surface area is 229 Å². The van der Waals surface area contributed by atoms with Crippen molar-refractivity contribution >= 4 is 40.8 Å². The van der Waals surface area contributed by atoms with Crippen molar-refractivity contribution in [3.05, 3.63) is 21.1 Å². The van der Waals surface area contributed by atoms with Crippen molar-refractivity contribution < 1.29 is 29.3 Å². The number of rotatable bonds is 4. The number of aliphatic hydroxyl groups excluding tert-OH is 1. The standard InChI is InChI=1S/C28H42ClNO6S/c1-7-9-19-14-17(2)10-8-12-27(6)28(34,36-27)25(33)23(21(29)15-20-16-37-18(3)30-20)35-22(31)11-13-26(4,5)24(19)32/h15-17,19,23,25,33-34H,7-14H2,1-6H3. The van der Waals surface area contributed by atoms with E-state index in [1.165, 1.54) is 17.4 Å². The number of aliphatic hydroxyl groups is 2. The van der Waals surface area contributed by atoms with Gasteiger partial charge < -0.3 is 19.7 Å². The number of aryl methyl sites for hydroxylation is 1. The summed E-state index contributed by atoms with van der Waals surface area (Å²) in [5, 5.41) is 25.1. The van der Waals surface area contributed by atoms with E-state index in [2.05, 4.69) is 18.8 Å². The van der Waals surface area contributed by atoms with Gasteiger partial charge in [-0.15, -0.1) is 11.3 Å². The predicted octanol–water partition coefficient (Wildman–Crippen LogP) is 5.78. The Balaban J connectivity index is 1.90. The Bertz CT molecular complexity index is 1010. The molecule has 3 rings (SSSR count). The van der Waals surface area contributed by atoms with E-state index in [1.807, 2.05) is 20.8 Å². The molecule has 6 unspecified atom stereocenters. The van der Waals surface area contributed by atoms with E-state index in [-0.39, 0.29) is 23.2 Å². The largest absolute Gasteiger partial charge is 0.454 e. The highest BCUT2D eigenvalue weighted by atomic mass is 35.5. The van der Waals surface area contributed by atoms with E-state index in [4.69, 9.17) is 21.1 Å².